The highest BCUT2D eigenvalue weighted by molar-refractivity contribution is 5.62. The fourth-order valence-corrected chi connectivity index (χ4v) is 3.80. The topological polar surface area (TPSA) is 46.5 Å². The summed E-state index contributed by atoms with van der Waals surface area (Å²) < 4.78 is -0.192. The minimum atomic E-state index is -0.192. The van der Waals surface area contributed by atoms with E-state index < -0.39 is 0 Å². The first-order valence-corrected chi connectivity index (χ1v) is 7.75. The van der Waals surface area contributed by atoms with Crippen LogP contribution in [0.5, 0.6) is 5.75 Å². The number of benzene rings is 2. The van der Waals surface area contributed by atoms with Crippen LogP contribution in [0.2, 0.25) is 0 Å². The number of rotatable bonds is 0. The van der Waals surface area contributed by atoms with E-state index in [-0.39, 0.29) is 10.7 Å². The Kier molecular flexibility index (Phi) is 2.93. The standard InChI is InChI=1S/C18H20N2O2/c1-20(22)9-8-19-17-7-6-15(21)11-14(17)10-13-4-2-3-5-16(13)18(19)12-20/h2-7,11,18,21H,8-10,12H2,1H3/t18-,20?/m0/s1. The second-order valence-corrected chi connectivity index (χ2v) is 6.60. The fourth-order valence-electron chi connectivity index (χ4n) is 3.80. The molecule has 0 radical (unpaired) electrons. The van der Waals surface area contributed by atoms with Crippen LogP contribution in [0.3, 0.4) is 0 Å². The zero-order valence-corrected chi connectivity index (χ0v) is 12.7. The Balaban J connectivity index is 1.90. The van der Waals surface area contributed by atoms with Crippen molar-refractivity contribution in [3.8, 4) is 5.75 Å². The van der Waals surface area contributed by atoms with Crippen molar-refractivity contribution in [2.75, 3.05) is 31.6 Å². The number of phenolic OH excluding ortho intramolecular Hbond substituents is 1. The number of aromatic hydroxyl groups is 1. The molecular weight excluding hydrogens is 276 g/mol. The maximum atomic E-state index is 12.5. The minimum Gasteiger partial charge on any atom is -0.633 e. The van der Waals surface area contributed by atoms with Crippen molar-refractivity contribution in [3.63, 3.8) is 0 Å². The highest BCUT2D eigenvalue weighted by atomic mass is 16.5. The van der Waals surface area contributed by atoms with Gasteiger partial charge in [-0.1, -0.05) is 24.3 Å². The summed E-state index contributed by atoms with van der Waals surface area (Å²) in [6, 6.07) is 14.1. The average Bonchev–Trinajstić information content (AvgIpc) is 2.60. The summed E-state index contributed by atoms with van der Waals surface area (Å²) in [7, 11) is 1.77. The summed E-state index contributed by atoms with van der Waals surface area (Å²) in [5.41, 5.74) is 4.79. The number of phenols is 1. The Bertz CT molecular complexity index is 727. The molecule has 114 valence electrons. The molecule has 2 aliphatic rings. The van der Waals surface area contributed by atoms with Gasteiger partial charge in [0, 0.05) is 5.69 Å². The van der Waals surface area contributed by atoms with E-state index in [1.54, 1.807) is 13.1 Å². The molecular formula is C18H20N2O2. The Morgan fingerprint density at radius 2 is 2.00 bits per heavy atom. The zero-order chi connectivity index (χ0) is 15.3. The molecule has 4 rings (SSSR count). The molecule has 0 bridgehead atoms. The number of hydroxylamine groups is 3. The van der Waals surface area contributed by atoms with Gasteiger partial charge in [0.2, 0.25) is 0 Å². The molecule has 2 aliphatic heterocycles. The summed E-state index contributed by atoms with van der Waals surface area (Å²) in [6.45, 7) is 1.91. The van der Waals surface area contributed by atoms with Gasteiger partial charge in [-0.05, 0) is 41.3 Å². The van der Waals surface area contributed by atoms with Crippen LogP contribution in [0, 0.1) is 5.21 Å². The number of quaternary nitrogens is 1. The van der Waals surface area contributed by atoms with Crippen LogP contribution in [0.25, 0.3) is 0 Å². The number of fused-ring (bicyclic) bond motifs is 5. The number of nitrogens with zero attached hydrogens (tertiary/aromatic N) is 2. The summed E-state index contributed by atoms with van der Waals surface area (Å²) in [4.78, 5) is 2.35. The molecule has 4 heteroatoms. The van der Waals surface area contributed by atoms with Crippen LogP contribution in [0.15, 0.2) is 42.5 Å². The monoisotopic (exact) mass is 296 g/mol. The van der Waals surface area contributed by atoms with Gasteiger partial charge in [-0.25, -0.2) is 0 Å². The molecule has 1 unspecified atom stereocenters. The first-order chi connectivity index (χ1) is 10.5. The number of hydrogen-bond donors (Lipinski definition) is 1. The van der Waals surface area contributed by atoms with Gasteiger partial charge in [0.1, 0.15) is 18.3 Å². The molecule has 0 saturated carbocycles. The number of anilines is 1. The first-order valence-electron chi connectivity index (χ1n) is 7.75. The van der Waals surface area contributed by atoms with E-state index in [0.29, 0.717) is 18.8 Å². The minimum absolute atomic E-state index is 0.109. The highest BCUT2D eigenvalue weighted by Gasteiger charge is 2.36. The fraction of sp³-hybridized carbons (Fsp3) is 0.333. The van der Waals surface area contributed by atoms with E-state index in [1.165, 1.54) is 11.1 Å². The largest absolute Gasteiger partial charge is 0.633 e. The molecule has 2 heterocycles. The Morgan fingerprint density at radius 3 is 2.86 bits per heavy atom. The van der Waals surface area contributed by atoms with E-state index in [4.69, 9.17) is 0 Å². The highest BCUT2D eigenvalue weighted by Crippen LogP contribution is 2.41. The van der Waals surface area contributed by atoms with Crippen molar-refractivity contribution in [2.24, 2.45) is 0 Å². The van der Waals surface area contributed by atoms with Gasteiger partial charge in [0.25, 0.3) is 0 Å². The molecule has 2 aromatic carbocycles. The maximum absolute atomic E-state index is 12.5. The molecule has 2 aromatic rings. The Labute approximate surface area is 130 Å². The lowest BCUT2D eigenvalue weighted by molar-refractivity contribution is -0.864. The van der Waals surface area contributed by atoms with Crippen LogP contribution in [-0.2, 0) is 6.42 Å². The maximum Gasteiger partial charge on any atom is 0.116 e. The predicted molar refractivity (Wildman–Crippen MR) is 86.7 cm³/mol. The lowest BCUT2D eigenvalue weighted by atomic mass is 9.96. The van der Waals surface area contributed by atoms with E-state index in [2.05, 4.69) is 17.0 Å². The third kappa shape index (κ3) is 2.16. The zero-order valence-electron chi connectivity index (χ0n) is 12.7. The van der Waals surface area contributed by atoms with E-state index in [0.717, 1.165) is 24.2 Å². The molecule has 4 nitrogen and oxygen atoms in total. The van der Waals surface area contributed by atoms with E-state index >= 15 is 0 Å². The van der Waals surface area contributed by atoms with Gasteiger partial charge in [-0.3, -0.25) is 0 Å². The van der Waals surface area contributed by atoms with Crippen LogP contribution in [-0.4, -0.2) is 36.4 Å². The molecule has 0 spiro atoms. The second kappa shape index (κ2) is 4.73. The smallest absolute Gasteiger partial charge is 0.116 e. The molecule has 0 amide bonds. The Hall–Kier alpha value is -2.04. The van der Waals surface area contributed by atoms with Gasteiger partial charge in [0.15, 0.2) is 0 Å². The third-order valence-corrected chi connectivity index (χ3v) is 4.92. The van der Waals surface area contributed by atoms with Crippen molar-refractivity contribution in [1.29, 1.82) is 0 Å². The number of hydrogen-bond acceptors (Lipinski definition) is 3. The number of likely N-dealkylation sites (N-methyl/N-ethyl adjacent to an activating group) is 1. The van der Waals surface area contributed by atoms with Crippen LogP contribution >= 0.6 is 0 Å². The molecule has 0 aliphatic carbocycles. The Morgan fingerprint density at radius 1 is 1.18 bits per heavy atom. The molecule has 1 fully saturated rings. The lowest BCUT2D eigenvalue weighted by Crippen LogP contribution is -2.55. The quantitative estimate of drug-likeness (QED) is 0.600. The molecule has 22 heavy (non-hydrogen) atoms. The van der Waals surface area contributed by atoms with Crippen LogP contribution in [0.1, 0.15) is 22.7 Å². The normalized spacial score (nSPS) is 26.6. The molecule has 0 aromatic heterocycles. The van der Waals surface area contributed by atoms with Crippen molar-refractivity contribution < 1.29 is 9.75 Å². The lowest BCUT2D eigenvalue weighted by Gasteiger charge is -2.50. The van der Waals surface area contributed by atoms with Gasteiger partial charge in [-0.2, -0.15) is 0 Å². The summed E-state index contributed by atoms with van der Waals surface area (Å²) >= 11 is 0. The summed E-state index contributed by atoms with van der Waals surface area (Å²) in [6.07, 6.45) is 0.801. The summed E-state index contributed by atoms with van der Waals surface area (Å²) in [5, 5.41) is 22.4. The van der Waals surface area contributed by atoms with Crippen LogP contribution < -0.4 is 4.90 Å². The average molecular weight is 296 g/mol. The van der Waals surface area contributed by atoms with Gasteiger partial charge >= 0.3 is 0 Å². The second-order valence-electron chi connectivity index (χ2n) is 6.60. The van der Waals surface area contributed by atoms with Crippen LogP contribution in [0.4, 0.5) is 5.69 Å². The van der Waals surface area contributed by atoms with Gasteiger partial charge < -0.3 is 19.9 Å². The first kappa shape index (κ1) is 13.6. The molecule has 1 saturated heterocycles. The third-order valence-electron chi connectivity index (χ3n) is 4.92. The van der Waals surface area contributed by atoms with Gasteiger partial charge in [-0.15, -0.1) is 0 Å². The SMILES string of the molecule is C[N+]1([O-])CCN2c3ccc(O)cc3Cc3ccccc3[C@@H]2C1. The number of piperazine rings is 1. The van der Waals surface area contributed by atoms with Crippen molar-refractivity contribution in [2.45, 2.75) is 12.5 Å². The molecule has 1 N–H and O–H groups in total. The van der Waals surface area contributed by atoms with E-state index in [1.807, 2.05) is 24.3 Å². The van der Waals surface area contributed by atoms with Crippen molar-refractivity contribution >= 4 is 5.69 Å². The van der Waals surface area contributed by atoms with Crippen molar-refractivity contribution in [3.05, 3.63) is 64.4 Å². The van der Waals surface area contributed by atoms with Crippen molar-refractivity contribution in [1.82, 2.24) is 0 Å². The molecule has 2 atom stereocenters. The summed E-state index contributed by atoms with van der Waals surface area (Å²) in [5.74, 6) is 0.302. The van der Waals surface area contributed by atoms with Gasteiger partial charge in [0.05, 0.1) is 20.1 Å². The predicted octanol–water partition coefficient (Wildman–Crippen LogP) is 2.80. The van der Waals surface area contributed by atoms with E-state index in [9.17, 15) is 10.3 Å².